The number of hydrogen-bond donors (Lipinski definition) is 0. The molecule has 0 atom stereocenters. The van der Waals surface area contributed by atoms with E-state index in [0.29, 0.717) is 18.8 Å². The van der Waals surface area contributed by atoms with Gasteiger partial charge in [0.2, 0.25) is 0 Å². The summed E-state index contributed by atoms with van der Waals surface area (Å²) in [5.41, 5.74) is 0. The summed E-state index contributed by atoms with van der Waals surface area (Å²) in [6, 6.07) is 0. The lowest BCUT2D eigenvalue weighted by Gasteiger charge is -2.13. The molecule has 0 radical (unpaired) electrons. The second-order valence-electron chi connectivity index (χ2n) is 3.44. The highest BCUT2D eigenvalue weighted by atomic mass is 16.5. The third kappa shape index (κ3) is 3.62. The first kappa shape index (κ1) is 10.3. The van der Waals surface area contributed by atoms with E-state index in [-0.39, 0.29) is 5.78 Å². The molecule has 0 spiro atoms. The summed E-state index contributed by atoms with van der Waals surface area (Å²) in [5.74, 6) is 0.801. The molecule has 0 saturated heterocycles. The zero-order chi connectivity index (χ0) is 9.52. The first-order valence-corrected chi connectivity index (χ1v) is 5.20. The summed E-state index contributed by atoms with van der Waals surface area (Å²) in [4.78, 5) is 11.5. The molecular weight excluding hydrogens is 164 g/mol. The van der Waals surface area contributed by atoms with Crippen molar-refractivity contribution in [3.05, 3.63) is 11.8 Å². The van der Waals surface area contributed by atoms with E-state index in [1.54, 1.807) is 0 Å². The molecule has 1 aliphatic heterocycles. The van der Waals surface area contributed by atoms with E-state index in [0.717, 1.165) is 32.1 Å². The number of carbonyl (C=O) groups is 1. The molecule has 74 valence electrons. The second kappa shape index (κ2) is 5.79. The van der Waals surface area contributed by atoms with Crippen molar-refractivity contribution in [3.8, 4) is 0 Å². The molecule has 0 unspecified atom stereocenters. The number of ether oxygens (including phenoxy) is 1. The number of unbranched alkanes of at least 4 members (excludes halogenated alkanes) is 2. The van der Waals surface area contributed by atoms with Crippen LogP contribution >= 0.6 is 0 Å². The molecule has 0 fully saturated rings. The number of allylic oxidation sites excluding steroid dienone is 2. The van der Waals surface area contributed by atoms with Crippen LogP contribution in [0.4, 0.5) is 0 Å². The van der Waals surface area contributed by atoms with Crippen LogP contribution in [0.5, 0.6) is 0 Å². The Morgan fingerprint density at radius 3 is 3.00 bits per heavy atom. The average Bonchev–Trinajstić information content (AvgIpc) is 2.19. The number of carbonyl (C=O) groups excluding carboxylic acids is 1. The lowest BCUT2D eigenvalue weighted by atomic mass is 10.1. The van der Waals surface area contributed by atoms with Crippen molar-refractivity contribution < 1.29 is 9.53 Å². The fourth-order valence-corrected chi connectivity index (χ4v) is 1.41. The number of Topliss-reactive ketones (excluding diaryl/α,β-unsaturated/α-hetero) is 1. The van der Waals surface area contributed by atoms with E-state index >= 15 is 0 Å². The molecule has 0 N–H and O–H groups in total. The van der Waals surface area contributed by atoms with Crippen molar-refractivity contribution in [3.63, 3.8) is 0 Å². The highest BCUT2D eigenvalue weighted by Gasteiger charge is 2.12. The summed E-state index contributed by atoms with van der Waals surface area (Å²) in [5, 5.41) is 0. The SMILES string of the molecule is CCCCCC(=O)C1=CCCCO1. The maximum absolute atomic E-state index is 11.5. The van der Waals surface area contributed by atoms with Crippen molar-refractivity contribution in [2.45, 2.75) is 45.4 Å². The van der Waals surface area contributed by atoms with Gasteiger partial charge in [0.05, 0.1) is 6.61 Å². The quantitative estimate of drug-likeness (QED) is 0.611. The standard InChI is InChI=1S/C11H18O2/c1-2-3-4-7-10(12)11-8-5-6-9-13-11/h8H,2-7,9H2,1H3. The molecule has 1 aliphatic rings. The number of rotatable bonds is 5. The summed E-state index contributed by atoms with van der Waals surface area (Å²) in [6.45, 7) is 2.85. The zero-order valence-electron chi connectivity index (χ0n) is 8.34. The van der Waals surface area contributed by atoms with Crippen LogP contribution in [-0.2, 0) is 9.53 Å². The molecule has 0 saturated carbocycles. The summed E-state index contributed by atoms with van der Waals surface area (Å²) < 4.78 is 5.28. The van der Waals surface area contributed by atoms with Gasteiger partial charge in [-0.3, -0.25) is 4.79 Å². The highest BCUT2D eigenvalue weighted by Crippen LogP contribution is 2.13. The Morgan fingerprint density at radius 2 is 2.38 bits per heavy atom. The van der Waals surface area contributed by atoms with Gasteiger partial charge in [-0.2, -0.15) is 0 Å². The van der Waals surface area contributed by atoms with Crippen molar-refractivity contribution in [1.82, 2.24) is 0 Å². The molecule has 0 aromatic heterocycles. The van der Waals surface area contributed by atoms with Crippen molar-refractivity contribution >= 4 is 5.78 Å². The normalized spacial score (nSPS) is 16.2. The van der Waals surface area contributed by atoms with Gasteiger partial charge in [0.15, 0.2) is 11.5 Å². The molecule has 13 heavy (non-hydrogen) atoms. The molecule has 0 bridgehead atoms. The minimum absolute atomic E-state index is 0.188. The lowest BCUT2D eigenvalue weighted by Crippen LogP contribution is -2.10. The van der Waals surface area contributed by atoms with Gasteiger partial charge in [-0.05, 0) is 25.3 Å². The first-order valence-electron chi connectivity index (χ1n) is 5.20. The molecule has 0 amide bonds. The van der Waals surface area contributed by atoms with Crippen molar-refractivity contribution in [2.24, 2.45) is 0 Å². The largest absolute Gasteiger partial charge is 0.490 e. The fourth-order valence-electron chi connectivity index (χ4n) is 1.41. The summed E-state index contributed by atoms with van der Waals surface area (Å²) in [7, 11) is 0. The minimum atomic E-state index is 0.188. The molecule has 2 heteroatoms. The Morgan fingerprint density at radius 1 is 1.54 bits per heavy atom. The predicted octanol–water partition coefficient (Wildman–Crippen LogP) is 2.83. The van der Waals surface area contributed by atoms with Gasteiger partial charge in [0.25, 0.3) is 0 Å². The zero-order valence-corrected chi connectivity index (χ0v) is 8.34. The maximum Gasteiger partial charge on any atom is 0.197 e. The Balaban J connectivity index is 2.25. The maximum atomic E-state index is 11.5. The lowest BCUT2D eigenvalue weighted by molar-refractivity contribution is -0.119. The van der Waals surface area contributed by atoms with Crippen LogP contribution in [0.2, 0.25) is 0 Å². The van der Waals surface area contributed by atoms with Gasteiger partial charge in [-0.25, -0.2) is 0 Å². The van der Waals surface area contributed by atoms with Crippen LogP contribution in [0, 0.1) is 0 Å². The molecule has 1 heterocycles. The molecule has 1 rings (SSSR count). The highest BCUT2D eigenvalue weighted by molar-refractivity contribution is 5.93. The van der Waals surface area contributed by atoms with Gasteiger partial charge >= 0.3 is 0 Å². The Labute approximate surface area is 80.0 Å². The van der Waals surface area contributed by atoms with Crippen LogP contribution in [0.25, 0.3) is 0 Å². The average molecular weight is 182 g/mol. The molecule has 0 aromatic carbocycles. The first-order chi connectivity index (χ1) is 6.34. The van der Waals surface area contributed by atoms with Crippen LogP contribution in [0.3, 0.4) is 0 Å². The van der Waals surface area contributed by atoms with Gasteiger partial charge in [-0.15, -0.1) is 0 Å². The van der Waals surface area contributed by atoms with Crippen LogP contribution in [-0.4, -0.2) is 12.4 Å². The fraction of sp³-hybridized carbons (Fsp3) is 0.727. The van der Waals surface area contributed by atoms with E-state index in [1.807, 2.05) is 6.08 Å². The molecular formula is C11H18O2. The Hall–Kier alpha value is -0.790. The monoisotopic (exact) mass is 182 g/mol. The third-order valence-corrected chi connectivity index (χ3v) is 2.22. The van der Waals surface area contributed by atoms with E-state index in [4.69, 9.17) is 4.74 Å². The van der Waals surface area contributed by atoms with E-state index in [1.165, 1.54) is 0 Å². The minimum Gasteiger partial charge on any atom is -0.490 e. The summed E-state index contributed by atoms with van der Waals surface area (Å²) in [6.07, 6.45) is 7.92. The Bertz CT molecular complexity index is 194. The van der Waals surface area contributed by atoms with E-state index in [9.17, 15) is 4.79 Å². The van der Waals surface area contributed by atoms with Crippen LogP contribution < -0.4 is 0 Å². The molecule has 2 nitrogen and oxygen atoms in total. The topological polar surface area (TPSA) is 26.3 Å². The van der Waals surface area contributed by atoms with Gasteiger partial charge < -0.3 is 4.74 Å². The van der Waals surface area contributed by atoms with E-state index in [2.05, 4.69) is 6.92 Å². The summed E-state index contributed by atoms with van der Waals surface area (Å²) >= 11 is 0. The number of hydrogen-bond acceptors (Lipinski definition) is 2. The van der Waals surface area contributed by atoms with E-state index < -0.39 is 0 Å². The second-order valence-corrected chi connectivity index (χ2v) is 3.44. The third-order valence-electron chi connectivity index (χ3n) is 2.22. The van der Waals surface area contributed by atoms with Crippen molar-refractivity contribution in [2.75, 3.05) is 6.61 Å². The predicted molar refractivity (Wildman–Crippen MR) is 52.4 cm³/mol. The van der Waals surface area contributed by atoms with Crippen molar-refractivity contribution in [1.29, 1.82) is 0 Å². The van der Waals surface area contributed by atoms with Gasteiger partial charge in [-0.1, -0.05) is 19.8 Å². The smallest absolute Gasteiger partial charge is 0.197 e. The number of ketones is 1. The van der Waals surface area contributed by atoms with Gasteiger partial charge in [0, 0.05) is 6.42 Å². The van der Waals surface area contributed by atoms with Gasteiger partial charge in [0.1, 0.15) is 0 Å². The Kier molecular flexibility index (Phi) is 4.58. The molecule has 0 aromatic rings. The van der Waals surface area contributed by atoms with Crippen LogP contribution in [0.15, 0.2) is 11.8 Å². The van der Waals surface area contributed by atoms with Crippen LogP contribution in [0.1, 0.15) is 45.4 Å². The molecule has 0 aliphatic carbocycles.